The average molecular weight is 447 g/mol. The van der Waals surface area contributed by atoms with Gasteiger partial charge in [-0.2, -0.15) is 5.26 Å². The number of hydrogen-bond donors (Lipinski definition) is 1. The van der Waals surface area contributed by atoms with Crippen LogP contribution in [0.2, 0.25) is 0 Å². The van der Waals surface area contributed by atoms with Crippen molar-refractivity contribution in [1.82, 2.24) is 4.98 Å². The predicted molar refractivity (Wildman–Crippen MR) is 117 cm³/mol. The van der Waals surface area contributed by atoms with Crippen molar-refractivity contribution in [3.05, 3.63) is 30.1 Å². The summed E-state index contributed by atoms with van der Waals surface area (Å²) in [5.74, 6) is -2.30. The number of nitriles is 1. The van der Waals surface area contributed by atoms with Crippen LogP contribution in [0.15, 0.2) is 24.5 Å². The van der Waals surface area contributed by atoms with Crippen molar-refractivity contribution in [2.75, 3.05) is 13.2 Å². The van der Waals surface area contributed by atoms with Gasteiger partial charge in [-0.25, -0.2) is 0 Å². The number of carbonyl (C=O) groups excluding carboxylic acids is 2. The second-order valence-electron chi connectivity index (χ2n) is 9.24. The summed E-state index contributed by atoms with van der Waals surface area (Å²) in [7, 11) is 0. The van der Waals surface area contributed by atoms with Gasteiger partial charge in [-0.05, 0) is 63.6 Å². The van der Waals surface area contributed by atoms with Crippen LogP contribution < -0.4 is 0 Å². The van der Waals surface area contributed by atoms with Crippen molar-refractivity contribution >= 4 is 17.9 Å². The van der Waals surface area contributed by atoms with Crippen LogP contribution in [0.25, 0.3) is 0 Å². The zero-order valence-electron chi connectivity index (χ0n) is 19.6. The molecule has 32 heavy (non-hydrogen) atoms. The van der Waals surface area contributed by atoms with Gasteiger partial charge in [-0.1, -0.05) is 13.8 Å². The summed E-state index contributed by atoms with van der Waals surface area (Å²) < 4.78 is 10.5. The predicted octanol–water partition coefficient (Wildman–Crippen LogP) is 4.11. The number of aliphatic carboxylic acids is 1. The maximum atomic E-state index is 12.5. The van der Waals surface area contributed by atoms with Crippen LogP contribution in [-0.2, 0) is 23.9 Å². The Hall–Kier alpha value is -2.95. The number of carboxylic acids is 1. The molecule has 0 spiro atoms. The van der Waals surface area contributed by atoms with Crippen LogP contribution in [0.4, 0.5) is 0 Å². The second kappa shape index (κ2) is 12.2. The van der Waals surface area contributed by atoms with E-state index in [1.807, 2.05) is 32.9 Å². The van der Waals surface area contributed by atoms with Crippen molar-refractivity contribution in [3.8, 4) is 6.07 Å². The van der Waals surface area contributed by atoms with Crippen LogP contribution in [0.1, 0.15) is 71.8 Å². The molecule has 1 rings (SSSR count). The van der Waals surface area contributed by atoms with Gasteiger partial charge in [0.25, 0.3) is 0 Å². The smallest absolute Gasteiger partial charge is 0.311 e. The third kappa shape index (κ3) is 9.04. The molecule has 1 heterocycles. The molecule has 0 saturated carbocycles. The lowest BCUT2D eigenvalue weighted by molar-refractivity contribution is -0.161. The van der Waals surface area contributed by atoms with Crippen LogP contribution in [-0.4, -0.2) is 41.2 Å². The number of hydrogen-bond acceptors (Lipinski definition) is 7. The third-order valence-corrected chi connectivity index (χ3v) is 5.52. The fraction of sp³-hybridized carbons (Fsp3) is 0.625. The van der Waals surface area contributed by atoms with Crippen molar-refractivity contribution in [3.63, 3.8) is 0 Å². The van der Waals surface area contributed by atoms with Crippen LogP contribution >= 0.6 is 0 Å². The van der Waals surface area contributed by atoms with Crippen molar-refractivity contribution in [2.24, 2.45) is 16.7 Å². The van der Waals surface area contributed by atoms with Gasteiger partial charge >= 0.3 is 17.9 Å². The van der Waals surface area contributed by atoms with Gasteiger partial charge in [-0.15, -0.1) is 0 Å². The van der Waals surface area contributed by atoms with Crippen LogP contribution in [0, 0.1) is 28.1 Å². The Kier molecular flexibility index (Phi) is 10.3. The quantitative estimate of drug-likeness (QED) is 0.354. The summed E-state index contributed by atoms with van der Waals surface area (Å²) in [6.45, 7) is 8.81. The Balaban J connectivity index is 2.44. The molecule has 0 aliphatic carbocycles. The normalized spacial score (nSPS) is 15.0. The molecule has 0 amide bonds. The Morgan fingerprint density at radius 3 is 2.25 bits per heavy atom. The first kappa shape index (κ1) is 27.1. The topological polar surface area (TPSA) is 127 Å². The third-order valence-electron chi connectivity index (χ3n) is 5.52. The number of ether oxygens (including phenoxy) is 2. The van der Waals surface area contributed by atoms with Gasteiger partial charge in [0.1, 0.15) is 13.2 Å². The SMILES string of the molecule is CC(CC(C)(C#N)CCC(=O)O)C(=O)OCCOC(=O)C(C)(C)CC(C)c1ccncc1. The molecule has 3 atom stereocenters. The molecule has 0 aromatic carbocycles. The molecular weight excluding hydrogens is 412 g/mol. The number of esters is 2. The minimum absolute atomic E-state index is 0.0567. The summed E-state index contributed by atoms with van der Waals surface area (Å²) in [6.07, 6.45) is 4.24. The molecule has 0 fully saturated rings. The summed E-state index contributed by atoms with van der Waals surface area (Å²) in [5, 5.41) is 18.2. The first-order valence-corrected chi connectivity index (χ1v) is 10.8. The number of carboxylic acid groups (broad SMARTS) is 1. The summed E-state index contributed by atoms with van der Waals surface area (Å²) in [5.41, 5.74) is -0.547. The van der Waals surface area contributed by atoms with E-state index < -0.39 is 28.7 Å². The fourth-order valence-electron chi connectivity index (χ4n) is 3.62. The molecule has 8 heteroatoms. The highest BCUT2D eigenvalue weighted by molar-refractivity contribution is 5.76. The molecule has 1 N–H and O–H groups in total. The van der Waals surface area contributed by atoms with E-state index in [0.29, 0.717) is 6.42 Å². The molecule has 1 aromatic heterocycles. The molecule has 0 aliphatic heterocycles. The Morgan fingerprint density at radius 2 is 1.69 bits per heavy atom. The molecule has 0 bridgehead atoms. The van der Waals surface area contributed by atoms with Crippen LogP contribution in [0.5, 0.6) is 0 Å². The van der Waals surface area contributed by atoms with Crippen molar-refractivity contribution in [1.29, 1.82) is 5.26 Å². The summed E-state index contributed by atoms with van der Waals surface area (Å²) in [6, 6.07) is 5.95. The van der Waals surface area contributed by atoms with E-state index in [4.69, 9.17) is 14.6 Å². The number of pyridine rings is 1. The van der Waals surface area contributed by atoms with Gasteiger partial charge in [0.15, 0.2) is 0 Å². The Morgan fingerprint density at radius 1 is 1.09 bits per heavy atom. The van der Waals surface area contributed by atoms with E-state index >= 15 is 0 Å². The Bertz CT molecular complexity index is 818. The molecule has 0 aliphatic rings. The molecular formula is C24H34N2O6. The zero-order valence-corrected chi connectivity index (χ0v) is 19.6. The Labute approximate surface area is 189 Å². The van der Waals surface area contributed by atoms with Gasteiger partial charge in [0.05, 0.1) is 22.8 Å². The maximum Gasteiger partial charge on any atom is 0.311 e. The van der Waals surface area contributed by atoms with E-state index in [0.717, 1.165) is 5.56 Å². The first-order valence-electron chi connectivity index (χ1n) is 10.8. The second-order valence-corrected chi connectivity index (χ2v) is 9.24. The van der Waals surface area contributed by atoms with E-state index in [-0.39, 0.29) is 44.4 Å². The summed E-state index contributed by atoms with van der Waals surface area (Å²) in [4.78, 5) is 39.5. The van der Waals surface area contributed by atoms with Gasteiger partial charge in [0, 0.05) is 18.8 Å². The molecule has 8 nitrogen and oxygen atoms in total. The zero-order chi connectivity index (χ0) is 24.4. The lowest BCUT2D eigenvalue weighted by Crippen LogP contribution is -2.30. The first-order chi connectivity index (χ1) is 14.9. The molecule has 176 valence electrons. The van der Waals surface area contributed by atoms with E-state index in [1.54, 1.807) is 26.2 Å². The minimum atomic E-state index is -0.985. The number of carbonyl (C=O) groups is 3. The van der Waals surface area contributed by atoms with E-state index in [2.05, 4.69) is 11.1 Å². The number of nitrogens with zero attached hydrogens (tertiary/aromatic N) is 2. The van der Waals surface area contributed by atoms with Gasteiger partial charge in [0.2, 0.25) is 0 Å². The fourth-order valence-corrected chi connectivity index (χ4v) is 3.62. The number of aromatic nitrogens is 1. The lowest BCUT2D eigenvalue weighted by Gasteiger charge is -2.26. The van der Waals surface area contributed by atoms with Crippen molar-refractivity contribution < 1.29 is 29.0 Å². The van der Waals surface area contributed by atoms with E-state index in [1.165, 1.54) is 0 Å². The minimum Gasteiger partial charge on any atom is -0.481 e. The monoisotopic (exact) mass is 446 g/mol. The number of rotatable bonds is 13. The highest BCUT2D eigenvalue weighted by atomic mass is 16.6. The highest BCUT2D eigenvalue weighted by Crippen LogP contribution is 2.33. The molecule has 3 unspecified atom stereocenters. The maximum absolute atomic E-state index is 12.5. The lowest BCUT2D eigenvalue weighted by atomic mass is 9.79. The largest absolute Gasteiger partial charge is 0.481 e. The molecule has 0 radical (unpaired) electrons. The molecule has 0 saturated heterocycles. The van der Waals surface area contributed by atoms with Gasteiger partial charge < -0.3 is 14.6 Å². The van der Waals surface area contributed by atoms with Crippen molar-refractivity contribution in [2.45, 2.75) is 66.2 Å². The molecule has 1 aromatic rings. The summed E-state index contributed by atoms with van der Waals surface area (Å²) >= 11 is 0. The van der Waals surface area contributed by atoms with E-state index in [9.17, 15) is 19.6 Å². The van der Waals surface area contributed by atoms with Gasteiger partial charge in [-0.3, -0.25) is 19.4 Å². The van der Waals surface area contributed by atoms with Crippen LogP contribution in [0.3, 0.4) is 0 Å². The highest BCUT2D eigenvalue weighted by Gasteiger charge is 2.32. The standard InChI is InChI=1S/C24H34N2O6/c1-17(19-7-10-26-11-8-19)14-23(3,4)22(30)32-13-12-31-21(29)18(2)15-24(5,16-25)9-6-20(27)28/h7-8,10-11,17-18H,6,9,12-15H2,1-5H3,(H,27,28). The average Bonchev–Trinajstić information content (AvgIpc) is 2.75.